The van der Waals surface area contributed by atoms with Crippen molar-refractivity contribution in [2.24, 2.45) is 13.0 Å². The van der Waals surface area contributed by atoms with Crippen molar-refractivity contribution in [3.05, 3.63) is 71.9 Å². The molecule has 0 saturated heterocycles. The summed E-state index contributed by atoms with van der Waals surface area (Å²) in [4.78, 5) is 25.8. The van der Waals surface area contributed by atoms with Crippen LogP contribution in [0.15, 0.2) is 55.1 Å². The van der Waals surface area contributed by atoms with Gasteiger partial charge in [-0.15, -0.1) is 0 Å². The topological polar surface area (TPSA) is 130 Å². The average molecular weight is 522 g/mol. The van der Waals surface area contributed by atoms with Crippen molar-refractivity contribution in [1.29, 1.82) is 5.26 Å². The third kappa shape index (κ3) is 4.74. The predicted octanol–water partition coefficient (Wildman–Crippen LogP) is 5.62. The molecule has 0 radical (unpaired) electrons. The largest absolute Gasteiger partial charge is 0.481 e. The summed E-state index contributed by atoms with van der Waals surface area (Å²) < 4.78 is 1.73. The van der Waals surface area contributed by atoms with Crippen LogP contribution in [0.25, 0.3) is 22.4 Å². The number of hydrogen-bond donors (Lipinski definition) is 2. The molecule has 9 nitrogen and oxygen atoms in total. The quantitative estimate of drug-likeness (QED) is 0.290. The van der Waals surface area contributed by atoms with E-state index in [2.05, 4.69) is 40.3 Å². The number of carbonyl (C=O) groups is 1. The van der Waals surface area contributed by atoms with Gasteiger partial charge in [-0.3, -0.25) is 19.4 Å². The van der Waals surface area contributed by atoms with Gasteiger partial charge in [0.25, 0.3) is 0 Å². The smallest absolute Gasteiger partial charge is 0.314 e. The van der Waals surface area contributed by atoms with Gasteiger partial charge in [-0.25, -0.2) is 4.98 Å². The highest BCUT2D eigenvalue weighted by Crippen LogP contribution is 2.56. The molecule has 2 N–H and O–H groups in total. The normalized spacial score (nSPS) is 18.1. The first kappa shape index (κ1) is 26.0. The zero-order valence-electron chi connectivity index (χ0n) is 22.5. The number of pyridine rings is 1. The predicted molar refractivity (Wildman–Crippen MR) is 148 cm³/mol. The van der Waals surface area contributed by atoms with E-state index in [4.69, 9.17) is 4.98 Å². The van der Waals surface area contributed by atoms with Crippen molar-refractivity contribution >= 4 is 17.6 Å². The molecule has 2 atom stereocenters. The molecule has 1 aliphatic carbocycles. The van der Waals surface area contributed by atoms with Gasteiger partial charge in [0.05, 0.1) is 47.3 Å². The highest BCUT2D eigenvalue weighted by atomic mass is 16.4. The molecule has 0 aliphatic heterocycles. The van der Waals surface area contributed by atoms with Crippen LogP contribution in [0.3, 0.4) is 0 Å². The molecule has 3 heterocycles. The zero-order valence-corrected chi connectivity index (χ0v) is 22.5. The van der Waals surface area contributed by atoms with Gasteiger partial charge in [-0.1, -0.05) is 51.5 Å². The van der Waals surface area contributed by atoms with E-state index in [0.29, 0.717) is 12.2 Å². The molecule has 0 amide bonds. The van der Waals surface area contributed by atoms with Gasteiger partial charge in [0.15, 0.2) is 0 Å². The van der Waals surface area contributed by atoms with Gasteiger partial charge < -0.3 is 10.4 Å². The van der Waals surface area contributed by atoms with Crippen molar-refractivity contribution in [2.75, 3.05) is 5.32 Å². The lowest BCUT2D eigenvalue weighted by atomic mass is 9.87. The second kappa shape index (κ2) is 10.3. The highest BCUT2D eigenvalue weighted by molar-refractivity contribution is 5.86. The van der Waals surface area contributed by atoms with E-state index in [1.807, 2.05) is 44.3 Å². The average Bonchev–Trinajstić information content (AvgIpc) is 3.60. The number of nitriles is 1. The lowest BCUT2D eigenvalue weighted by Crippen LogP contribution is -2.22. The Balaban J connectivity index is 1.45. The minimum absolute atomic E-state index is 0.123. The molecule has 39 heavy (non-hydrogen) atoms. The Kier molecular flexibility index (Phi) is 6.87. The SMILES string of the molecule is CCC1CC1(C(=O)O)c1ccc(-c2ccc(-c3cnn(C)c3Nc3cncc(C(C)C)n3)nc2)c(CC#N)c1. The molecule has 1 aliphatic rings. The fourth-order valence-corrected chi connectivity index (χ4v) is 5.27. The van der Waals surface area contributed by atoms with Crippen LogP contribution in [0.2, 0.25) is 0 Å². The Morgan fingerprint density at radius 1 is 1.21 bits per heavy atom. The second-order valence-corrected chi connectivity index (χ2v) is 10.4. The summed E-state index contributed by atoms with van der Waals surface area (Å²) in [7, 11) is 1.85. The summed E-state index contributed by atoms with van der Waals surface area (Å²) in [6.45, 7) is 6.16. The van der Waals surface area contributed by atoms with Gasteiger partial charge in [0.1, 0.15) is 11.6 Å². The number of benzene rings is 1. The molecule has 0 bridgehead atoms. The number of aromatic nitrogens is 5. The molecular formula is C30H31N7O2. The number of carboxylic acid groups (broad SMARTS) is 1. The Labute approximate surface area is 227 Å². The molecule has 1 aromatic carbocycles. The van der Waals surface area contributed by atoms with Crippen LogP contribution in [-0.4, -0.2) is 35.8 Å². The molecule has 198 valence electrons. The zero-order chi connectivity index (χ0) is 27.7. The summed E-state index contributed by atoms with van der Waals surface area (Å²) in [6.07, 6.45) is 8.61. The number of anilines is 2. The summed E-state index contributed by atoms with van der Waals surface area (Å²) in [5, 5.41) is 27.2. The number of carboxylic acids is 1. The van der Waals surface area contributed by atoms with Crippen molar-refractivity contribution < 1.29 is 9.90 Å². The fourth-order valence-electron chi connectivity index (χ4n) is 5.27. The Morgan fingerprint density at radius 2 is 2.03 bits per heavy atom. The Hall–Kier alpha value is -4.58. The maximum Gasteiger partial charge on any atom is 0.314 e. The summed E-state index contributed by atoms with van der Waals surface area (Å²) in [5.41, 5.74) is 4.91. The minimum Gasteiger partial charge on any atom is -0.481 e. The number of aliphatic carboxylic acids is 1. The van der Waals surface area contributed by atoms with E-state index in [1.54, 1.807) is 29.5 Å². The van der Waals surface area contributed by atoms with Crippen LogP contribution >= 0.6 is 0 Å². The third-order valence-electron chi connectivity index (χ3n) is 7.65. The van der Waals surface area contributed by atoms with E-state index in [1.165, 1.54) is 0 Å². The summed E-state index contributed by atoms with van der Waals surface area (Å²) in [5.74, 6) is 0.959. The first-order chi connectivity index (χ1) is 18.8. The van der Waals surface area contributed by atoms with Crippen molar-refractivity contribution in [3.63, 3.8) is 0 Å². The minimum atomic E-state index is -0.845. The first-order valence-corrected chi connectivity index (χ1v) is 13.1. The summed E-state index contributed by atoms with van der Waals surface area (Å²) >= 11 is 0. The maximum absolute atomic E-state index is 12.1. The van der Waals surface area contributed by atoms with Gasteiger partial charge >= 0.3 is 5.97 Å². The van der Waals surface area contributed by atoms with E-state index in [-0.39, 0.29) is 18.3 Å². The number of aryl methyl sites for hydroxylation is 1. The molecule has 1 saturated carbocycles. The maximum atomic E-state index is 12.1. The van der Waals surface area contributed by atoms with Crippen LogP contribution in [-0.2, 0) is 23.7 Å². The monoisotopic (exact) mass is 521 g/mol. The van der Waals surface area contributed by atoms with Crippen molar-refractivity contribution in [2.45, 2.75) is 51.4 Å². The molecule has 0 spiro atoms. The van der Waals surface area contributed by atoms with Gasteiger partial charge in [0.2, 0.25) is 0 Å². The molecule has 5 rings (SSSR count). The standard InChI is InChI=1S/C30H31N7O2/c1-5-21-13-30(21,29(38)39)22-7-8-23(19(12-22)10-11-31)20-6-9-25(33-14-20)24-15-34-37(4)28(24)36-27-17-32-16-26(35-27)18(2)3/h6-9,12,14-18,21H,5,10,13H2,1-4H3,(H,35,36)(H,38,39). The molecule has 9 heteroatoms. The number of rotatable bonds is 9. The van der Waals surface area contributed by atoms with E-state index >= 15 is 0 Å². The van der Waals surface area contributed by atoms with Crippen LogP contribution in [0, 0.1) is 17.2 Å². The van der Waals surface area contributed by atoms with Crippen molar-refractivity contribution in [1.82, 2.24) is 24.7 Å². The lowest BCUT2D eigenvalue weighted by molar-refractivity contribution is -0.140. The molecule has 2 unspecified atom stereocenters. The lowest BCUT2D eigenvalue weighted by Gasteiger charge is -2.16. The molecule has 1 fully saturated rings. The van der Waals surface area contributed by atoms with Crippen LogP contribution in [0.5, 0.6) is 0 Å². The van der Waals surface area contributed by atoms with Gasteiger partial charge in [-0.2, -0.15) is 10.4 Å². The number of nitrogens with one attached hydrogen (secondary N) is 1. The van der Waals surface area contributed by atoms with Crippen LogP contribution < -0.4 is 5.32 Å². The van der Waals surface area contributed by atoms with Crippen LogP contribution in [0.1, 0.15) is 56.4 Å². The van der Waals surface area contributed by atoms with E-state index < -0.39 is 11.4 Å². The molecule has 3 aromatic heterocycles. The number of nitrogens with zero attached hydrogens (tertiary/aromatic N) is 6. The Morgan fingerprint density at radius 3 is 2.67 bits per heavy atom. The van der Waals surface area contributed by atoms with Gasteiger partial charge in [0, 0.05) is 25.0 Å². The van der Waals surface area contributed by atoms with E-state index in [9.17, 15) is 15.2 Å². The van der Waals surface area contributed by atoms with Crippen LogP contribution in [0.4, 0.5) is 11.6 Å². The Bertz CT molecular complexity index is 1570. The molecule has 4 aromatic rings. The third-order valence-corrected chi connectivity index (χ3v) is 7.65. The highest BCUT2D eigenvalue weighted by Gasteiger charge is 2.60. The van der Waals surface area contributed by atoms with E-state index in [0.717, 1.165) is 51.4 Å². The first-order valence-electron chi connectivity index (χ1n) is 13.1. The fraction of sp³-hybridized carbons (Fsp3) is 0.333. The van der Waals surface area contributed by atoms with Crippen molar-refractivity contribution in [3.8, 4) is 28.5 Å². The van der Waals surface area contributed by atoms with Gasteiger partial charge in [-0.05, 0) is 41.0 Å². The summed E-state index contributed by atoms with van der Waals surface area (Å²) in [6, 6.07) is 11.8. The molecular weight excluding hydrogens is 490 g/mol. The number of hydrogen-bond acceptors (Lipinski definition) is 7. The second-order valence-electron chi connectivity index (χ2n) is 10.4.